The molecule has 0 unspecified atom stereocenters. The summed E-state index contributed by atoms with van der Waals surface area (Å²) in [5.74, 6) is -4.83. The van der Waals surface area contributed by atoms with Crippen LogP contribution in [0.3, 0.4) is 0 Å². The quantitative estimate of drug-likeness (QED) is 0.0930. The van der Waals surface area contributed by atoms with E-state index in [9.17, 15) is 24.0 Å². The number of ether oxygens (including phenoxy) is 2. The molecule has 4 amide bonds. The molecule has 24 heteroatoms. The molecule has 272 valence electrons. The van der Waals surface area contributed by atoms with E-state index >= 15 is 4.79 Å². The number of cyclic esters (lactones) is 2. The van der Waals surface area contributed by atoms with Gasteiger partial charge in [0.25, 0.3) is 23.6 Å². The third kappa shape index (κ3) is 6.09. The van der Waals surface area contributed by atoms with Crippen molar-refractivity contribution in [3.05, 3.63) is 44.7 Å². The summed E-state index contributed by atoms with van der Waals surface area (Å²) in [6.45, 7) is 0.0420. The van der Waals surface area contributed by atoms with Crippen LogP contribution in [0.2, 0.25) is 0 Å². The van der Waals surface area contributed by atoms with E-state index < -0.39 is 64.1 Å². The van der Waals surface area contributed by atoms with E-state index in [0.717, 1.165) is 34.4 Å². The van der Waals surface area contributed by atoms with Crippen LogP contribution in [0.15, 0.2) is 43.6 Å². The fourth-order valence-electron chi connectivity index (χ4n) is 5.84. The number of nitrogen functional groups attached to an aromatic ring is 2. The molecule has 6 N–H and O–H groups in total. The standard InChI is InChI=1S/C28H26N10O10S4/c1-45-35-14(11-7-51-27(29)31-11)19(39)33-16(20-34-13-9(5-49-20)3-47-25(13)43)22(41)37(21(40)15(36-46-2)12-8-52-28(30)32-12)18-23(42)38-17-10(4-48-26(17)44)6-50-24(18)38/h7-8,16,18,20,24,34H,3-6H2,1-2H3,(H2,29,31)(H2,30,32)(H,33,39)/b35-14+,36-15+/t16-,18+,20+,24+/m0/s1. The highest BCUT2D eigenvalue weighted by Gasteiger charge is 2.61. The number of nitrogens with one attached hydrogen (secondary N) is 2. The van der Waals surface area contributed by atoms with E-state index in [1.807, 2.05) is 0 Å². The Morgan fingerprint density at radius 3 is 2.23 bits per heavy atom. The highest BCUT2D eigenvalue weighted by molar-refractivity contribution is 8.00. The number of thiazole rings is 2. The number of hydrogen-bond donors (Lipinski definition) is 4. The molecule has 0 spiro atoms. The fraction of sp³-hybridized carbons (Fsp3) is 0.357. The molecule has 0 bridgehead atoms. The van der Waals surface area contributed by atoms with Crippen molar-refractivity contribution in [2.75, 3.05) is 50.4 Å². The van der Waals surface area contributed by atoms with E-state index in [4.69, 9.17) is 30.6 Å². The van der Waals surface area contributed by atoms with Gasteiger partial charge >= 0.3 is 11.9 Å². The first-order chi connectivity index (χ1) is 25.0. The van der Waals surface area contributed by atoms with Crippen molar-refractivity contribution in [3.8, 4) is 0 Å². The van der Waals surface area contributed by atoms with Gasteiger partial charge in [-0.05, 0) is 0 Å². The smallest absolute Gasteiger partial charge is 0.355 e. The normalized spacial score (nSPS) is 23.1. The molecule has 20 nitrogen and oxygen atoms in total. The van der Waals surface area contributed by atoms with Gasteiger partial charge in [-0.3, -0.25) is 29.0 Å². The summed E-state index contributed by atoms with van der Waals surface area (Å²) in [6.07, 6.45) is 0. The average molecular weight is 791 g/mol. The zero-order valence-electron chi connectivity index (χ0n) is 26.8. The molecule has 5 aliphatic heterocycles. The number of thioether (sulfide) groups is 2. The number of rotatable bonds is 10. The number of carbonyl (C=O) groups is 6. The molecule has 0 radical (unpaired) electrons. The molecule has 4 atom stereocenters. The van der Waals surface area contributed by atoms with Crippen LogP contribution in [0.1, 0.15) is 11.4 Å². The van der Waals surface area contributed by atoms with Crippen LogP contribution >= 0.6 is 46.2 Å². The van der Waals surface area contributed by atoms with Crippen LogP contribution in [0.4, 0.5) is 10.3 Å². The number of fused-ring (bicyclic) bond motifs is 2. The number of carbonyl (C=O) groups excluding carboxylic acids is 6. The summed E-state index contributed by atoms with van der Waals surface area (Å²) in [7, 11) is 2.37. The highest BCUT2D eigenvalue weighted by atomic mass is 32.2. The zero-order chi connectivity index (χ0) is 36.8. The van der Waals surface area contributed by atoms with E-state index in [1.54, 1.807) is 0 Å². The van der Waals surface area contributed by atoms with Gasteiger partial charge in [-0.2, -0.15) is 0 Å². The predicted octanol–water partition coefficient (Wildman–Crippen LogP) is -1.43. The number of hydrogen-bond acceptors (Lipinski definition) is 21. The van der Waals surface area contributed by atoms with Crippen LogP contribution in [-0.2, 0) is 47.9 Å². The Morgan fingerprint density at radius 2 is 1.58 bits per heavy atom. The molecule has 1 saturated heterocycles. The second kappa shape index (κ2) is 14.1. The minimum absolute atomic E-state index is 0.00868. The highest BCUT2D eigenvalue weighted by Crippen LogP contribution is 2.45. The number of nitrogens with zero attached hydrogens (tertiary/aromatic N) is 6. The third-order valence-electron chi connectivity index (χ3n) is 8.15. The first-order valence-electron chi connectivity index (χ1n) is 15.0. The van der Waals surface area contributed by atoms with Gasteiger partial charge in [0.15, 0.2) is 21.7 Å². The number of nitrogens with two attached hydrogens (primary N) is 2. The van der Waals surface area contributed by atoms with Gasteiger partial charge < -0.3 is 41.2 Å². The van der Waals surface area contributed by atoms with Crippen molar-refractivity contribution in [3.63, 3.8) is 0 Å². The number of anilines is 2. The molecule has 7 heterocycles. The Bertz CT molecular complexity index is 2040. The lowest BCUT2D eigenvalue weighted by Crippen LogP contribution is -2.74. The number of β-lactam (4-membered cyclic amide) rings is 1. The first kappa shape index (κ1) is 35.2. The number of aromatic nitrogens is 2. The van der Waals surface area contributed by atoms with E-state index in [0.29, 0.717) is 16.0 Å². The van der Waals surface area contributed by atoms with Crippen LogP contribution in [0.25, 0.3) is 0 Å². The summed E-state index contributed by atoms with van der Waals surface area (Å²) >= 11 is 4.36. The Morgan fingerprint density at radius 1 is 0.962 bits per heavy atom. The maximum Gasteiger partial charge on any atom is 0.355 e. The molecular formula is C28H26N10O10S4. The first-order valence-corrected chi connectivity index (χ1v) is 18.8. The van der Waals surface area contributed by atoms with E-state index in [-0.39, 0.29) is 63.5 Å². The molecule has 0 aliphatic carbocycles. The molecule has 1 fully saturated rings. The molecule has 52 heavy (non-hydrogen) atoms. The summed E-state index contributed by atoms with van der Waals surface area (Å²) in [6, 6.07) is -3.19. The molecule has 0 saturated carbocycles. The summed E-state index contributed by atoms with van der Waals surface area (Å²) in [5, 5.41) is 14.2. The maximum absolute atomic E-state index is 15.1. The summed E-state index contributed by atoms with van der Waals surface area (Å²) in [5.41, 5.74) is 12.1. The Hall–Kier alpha value is -5.20. The SMILES string of the molecule is CO/N=C(/C(=O)N[C@H](C(=O)N(C(=O)/C(=N/OC)c1csc(N)n1)[C@@H]1C(=O)N2C3=C(COC3=O)CS[C@H]12)[C@@H]1NC2=C(COC2=O)CS1)c1csc(N)n1. The van der Waals surface area contributed by atoms with Crippen LogP contribution < -0.4 is 22.1 Å². The van der Waals surface area contributed by atoms with Crippen molar-refractivity contribution in [1.82, 2.24) is 30.4 Å². The topological polar surface area (TPSA) is 272 Å². The number of amides is 4. The summed E-state index contributed by atoms with van der Waals surface area (Å²) in [4.78, 5) is 103. The van der Waals surface area contributed by atoms with E-state index in [2.05, 4.69) is 30.9 Å². The molecule has 0 aromatic carbocycles. The predicted molar refractivity (Wildman–Crippen MR) is 186 cm³/mol. The van der Waals surface area contributed by atoms with Crippen molar-refractivity contribution in [2.45, 2.75) is 22.8 Å². The van der Waals surface area contributed by atoms with Gasteiger partial charge in [0.2, 0.25) is 0 Å². The largest absolute Gasteiger partial charge is 0.456 e. The van der Waals surface area contributed by atoms with Crippen LogP contribution in [-0.4, -0.2) is 129 Å². The maximum atomic E-state index is 15.1. The molecular weight excluding hydrogens is 765 g/mol. The number of imide groups is 1. The minimum Gasteiger partial charge on any atom is -0.456 e. The lowest BCUT2D eigenvalue weighted by Gasteiger charge is -2.51. The minimum atomic E-state index is -1.69. The lowest BCUT2D eigenvalue weighted by molar-refractivity contribution is -0.164. The lowest BCUT2D eigenvalue weighted by atomic mass is 9.99. The van der Waals surface area contributed by atoms with E-state index in [1.165, 1.54) is 41.6 Å². The molecule has 2 aromatic heterocycles. The van der Waals surface area contributed by atoms with Gasteiger partial charge in [-0.15, -0.1) is 46.2 Å². The van der Waals surface area contributed by atoms with Gasteiger partial charge in [0.1, 0.15) is 73.0 Å². The zero-order valence-corrected chi connectivity index (χ0v) is 30.1. The van der Waals surface area contributed by atoms with Crippen molar-refractivity contribution >= 4 is 103 Å². The van der Waals surface area contributed by atoms with Gasteiger partial charge in [-0.1, -0.05) is 10.3 Å². The van der Waals surface area contributed by atoms with Crippen LogP contribution in [0, 0.1) is 0 Å². The molecule has 2 aromatic rings. The van der Waals surface area contributed by atoms with Crippen molar-refractivity contribution < 1.29 is 47.9 Å². The van der Waals surface area contributed by atoms with Crippen molar-refractivity contribution in [1.29, 1.82) is 0 Å². The fourth-order valence-corrected chi connectivity index (χ4v) is 9.49. The van der Waals surface area contributed by atoms with Crippen molar-refractivity contribution in [2.24, 2.45) is 10.3 Å². The Labute approximate surface area is 308 Å². The molecule has 5 aliphatic rings. The Kier molecular flexibility index (Phi) is 9.53. The van der Waals surface area contributed by atoms with Gasteiger partial charge in [0.05, 0.1) is 0 Å². The van der Waals surface area contributed by atoms with Crippen LogP contribution in [0.5, 0.6) is 0 Å². The molecule has 7 rings (SSSR count). The second-order valence-electron chi connectivity index (χ2n) is 11.2. The second-order valence-corrected chi connectivity index (χ2v) is 15.2. The average Bonchev–Trinajstić information content (AvgIpc) is 3.94. The van der Waals surface area contributed by atoms with Gasteiger partial charge in [-0.25, -0.2) is 19.6 Å². The number of oxime groups is 2. The monoisotopic (exact) mass is 790 g/mol. The third-order valence-corrected chi connectivity index (χ3v) is 12.1. The van der Waals surface area contributed by atoms with Gasteiger partial charge in [0, 0.05) is 33.4 Å². The summed E-state index contributed by atoms with van der Waals surface area (Å²) < 4.78 is 10.3. The number of esters is 2. The Balaban J connectivity index is 1.31.